The van der Waals surface area contributed by atoms with Crippen LogP contribution in [0.5, 0.6) is 0 Å². The second-order valence-electron chi connectivity index (χ2n) is 6.05. The van der Waals surface area contributed by atoms with E-state index in [4.69, 9.17) is 4.74 Å². The number of carbonyl (C=O) groups excluding carboxylic acids is 1. The smallest absolute Gasteiger partial charge is 0.234 e. The quantitative estimate of drug-likeness (QED) is 0.718. The molecule has 2 saturated heterocycles. The first-order valence-corrected chi connectivity index (χ1v) is 9.85. The predicted octanol–water partition coefficient (Wildman–Crippen LogP) is -0.361. The summed E-state index contributed by atoms with van der Waals surface area (Å²) in [5.41, 5.74) is 0. The molecule has 0 unspecified atom stereocenters. The van der Waals surface area contributed by atoms with Gasteiger partial charge in [0.15, 0.2) is 0 Å². The average Bonchev–Trinajstić information content (AvgIpc) is 2.48. The zero-order valence-corrected chi connectivity index (χ0v) is 14.1. The molecule has 8 heteroatoms. The highest BCUT2D eigenvalue weighted by molar-refractivity contribution is 7.88. The molecule has 0 aromatic rings. The monoisotopic (exact) mass is 333 g/mol. The molecule has 22 heavy (non-hydrogen) atoms. The normalized spacial score (nSPS) is 25.0. The Morgan fingerprint density at radius 2 is 1.95 bits per heavy atom. The van der Waals surface area contributed by atoms with Crippen LogP contribution in [0.3, 0.4) is 0 Å². The van der Waals surface area contributed by atoms with Crippen molar-refractivity contribution in [3.8, 4) is 0 Å². The highest BCUT2D eigenvalue weighted by atomic mass is 32.2. The van der Waals surface area contributed by atoms with Crippen molar-refractivity contribution in [2.24, 2.45) is 0 Å². The zero-order valence-electron chi connectivity index (χ0n) is 13.3. The van der Waals surface area contributed by atoms with E-state index >= 15 is 0 Å². The fourth-order valence-corrected chi connectivity index (χ4v) is 4.31. The molecular formula is C14H27N3O4S. The zero-order chi connectivity index (χ0) is 16.0. The van der Waals surface area contributed by atoms with Gasteiger partial charge >= 0.3 is 0 Å². The van der Waals surface area contributed by atoms with E-state index in [1.807, 2.05) is 0 Å². The van der Waals surface area contributed by atoms with E-state index < -0.39 is 10.0 Å². The molecule has 7 nitrogen and oxygen atoms in total. The summed E-state index contributed by atoms with van der Waals surface area (Å²) >= 11 is 0. The fourth-order valence-electron chi connectivity index (χ4n) is 3.10. The lowest BCUT2D eigenvalue weighted by atomic mass is 10.0. The van der Waals surface area contributed by atoms with Crippen molar-refractivity contribution < 1.29 is 17.9 Å². The molecule has 2 aliphatic rings. The van der Waals surface area contributed by atoms with Crippen LogP contribution in [0.4, 0.5) is 0 Å². The van der Waals surface area contributed by atoms with Crippen LogP contribution in [-0.4, -0.2) is 81.8 Å². The van der Waals surface area contributed by atoms with Gasteiger partial charge in [0.1, 0.15) is 0 Å². The maximum atomic E-state index is 11.9. The summed E-state index contributed by atoms with van der Waals surface area (Å²) in [4.78, 5) is 14.0. The van der Waals surface area contributed by atoms with E-state index in [0.29, 0.717) is 39.3 Å². The molecule has 2 rings (SSSR count). The molecule has 0 bridgehead atoms. The minimum Gasteiger partial charge on any atom is -0.379 e. The van der Waals surface area contributed by atoms with Crippen LogP contribution in [0.25, 0.3) is 0 Å². The highest BCUT2D eigenvalue weighted by Crippen LogP contribution is 2.21. The standard InChI is InChI=1S/C14H27N3O4S/c1-22(19,20)17-7-3-2-4-13(17)5-6-15-14(18)12-16-8-10-21-11-9-16/h13H,2-12H2,1H3,(H,15,18)/t13-/m0/s1. The number of nitrogens with one attached hydrogen (secondary N) is 1. The number of ether oxygens (including phenoxy) is 1. The Morgan fingerprint density at radius 1 is 1.23 bits per heavy atom. The molecule has 2 heterocycles. The van der Waals surface area contributed by atoms with Crippen LogP contribution in [0.2, 0.25) is 0 Å². The molecule has 0 spiro atoms. The van der Waals surface area contributed by atoms with Crippen molar-refractivity contribution in [3.05, 3.63) is 0 Å². The van der Waals surface area contributed by atoms with Gasteiger partial charge in [0, 0.05) is 32.2 Å². The van der Waals surface area contributed by atoms with Gasteiger partial charge in [-0.05, 0) is 19.3 Å². The topological polar surface area (TPSA) is 79.0 Å². The van der Waals surface area contributed by atoms with Gasteiger partial charge < -0.3 is 10.1 Å². The Labute approximate surface area is 133 Å². The molecule has 1 atom stereocenters. The van der Waals surface area contributed by atoms with Crippen LogP contribution in [-0.2, 0) is 19.6 Å². The average molecular weight is 333 g/mol. The summed E-state index contributed by atoms with van der Waals surface area (Å²) in [5.74, 6) is 0.00335. The van der Waals surface area contributed by atoms with Crippen molar-refractivity contribution in [1.82, 2.24) is 14.5 Å². The second-order valence-corrected chi connectivity index (χ2v) is 7.99. The summed E-state index contributed by atoms with van der Waals surface area (Å²) in [6.07, 6.45) is 4.81. The number of piperidine rings is 1. The van der Waals surface area contributed by atoms with E-state index in [9.17, 15) is 13.2 Å². The fraction of sp³-hybridized carbons (Fsp3) is 0.929. The first kappa shape index (κ1) is 17.7. The van der Waals surface area contributed by atoms with Gasteiger partial charge in [0.2, 0.25) is 15.9 Å². The third kappa shape index (κ3) is 5.49. The minimum atomic E-state index is -3.15. The SMILES string of the molecule is CS(=O)(=O)N1CCCC[C@H]1CCNC(=O)CN1CCOCC1. The van der Waals surface area contributed by atoms with Crippen LogP contribution >= 0.6 is 0 Å². The first-order valence-electron chi connectivity index (χ1n) is 8.00. The lowest BCUT2D eigenvalue weighted by Gasteiger charge is -2.33. The molecule has 0 aromatic heterocycles. The number of hydrogen-bond donors (Lipinski definition) is 1. The van der Waals surface area contributed by atoms with Gasteiger partial charge in [-0.25, -0.2) is 8.42 Å². The molecular weight excluding hydrogens is 306 g/mol. The number of hydrogen-bond acceptors (Lipinski definition) is 5. The summed E-state index contributed by atoms with van der Waals surface area (Å²) < 4.78 is 30.4. The van der Waals surface area contributed by atoms with Crippen LogP contribution in [0.15, 0.2) is 0 Å². The van der Waals surface area contributed by atoms with Gasteiger partial charge in [-0.1, -0.05) is 6.42 Å². The third-order valence-electron chi connectivity index (χ3n) is 4.27. The van der Waals surface area contributed by atoms with Crippen molar-refractivity contribution in [1.29, 1.82) is 0 Å². The molecule has 0 saturated carbocycles. The van der Waals surface area contributed by atoms with E-state index in [1.54, 1.807) is 4.31 Å². The van der Waals surface area contributed by atoms with Gasteiger partial charge in [0.25, 0.3) is 0 Å². The first-order chi connectivity index (χ1) is 10.5. The summed E-state index contributed by atoms with van der Waals surface area (Å²) in [7, 11) is -3.15. The summed E-state index contributed by atoms with van der Waals surface area (Å²) in [5, 5.41) is 2.91. The van der Waals surface area contributed by atoms with E-state index in [-0.39, 0.29) is 11.9 Å². The molecule has 2 aliphatic heterocycles. The van der Waals surface area contributed by atoms with Gasteiger partial charge in [-0.2, -0.15) is 4.31 Å². The predicted molar refractivity (Wildman–Crippen MR) is 84.1 cm³/mol. The molecule has 0 aromatic carbocycles. The van der Waals surface area contributed by atoms with Crippen LogP contribution in [0, 0.1) is 0 Å². The number of sulfonamides is 1. The largest absolute Gasteiger partial charge is 0.379 e. The lowest BCUT2D eigenvalue weighted by Crippen LogP contribution is -2.46. The lowest BCUT2D eigenvalue weighted by molar-refractivity contribution is -0.123. The Balaban J connectivity index is 1.71. The van der Waals surface area contributed by atoms with E-state index in [0.717, 1.165) is 32.4 Å². The Hall–Kier alpha value is -0.700. The number of rotatable bonds is 6. The number of nitrogens with zero attached hydrogens (tertiary/aromatic N) is 2. The van der Waals surface area contributed by atoms with Gasteiger partial charge in [0.05, 0.1) is 26.0 Å². The molecule has 1 N–H and O–H groups in total. The molecule has 0 radical (unpaired) electrons. The highest BCUT2D eigenvalue weighted by Gasteiger charge is 2.28. The number of amides is 1. The van der Waals surface area contributed by atoms with Crippen molar-refractivity contribution in [2.45, 2.75) is 31.7 Å². The van der Waals surface area contributed by atoms with Crippen molar-refractivity contribution in [3.63, 3.8) is 0 Å². The Bertz CT molecular complexity index is 463. The molecule has 0 aliphatic carbocycles. The molecule has 1 amide bonds. The van der Waals surface area contributed by atoms with Gasteiger partial charge in [-0.3, -0.25) is 9.69 Å². The van der Waals surface area contributed by atoms with E-state index in [1.165, 1.54) is 6.26 Å². The molecule has 2 fully saturated rings. The summed E-state index contributed by atoms with van der Waals surface area (Å²) in [6.45, 7) is 4.46. The minimum absolute atomic E-state index is 0.00335. The third-order valence-corrected chi connectivity index (χ3v) is 5.60. The van der Waals surface area contributed by atoms with Crippen molar-refractivity contribution >= 4 is 15.9 Å². The van der Waals surface area contributed by atoms with Crippen LogP contribution < -0.4 is 5.32 Å². The summed E-state index contributed by atoms with van der Waals surface area (Å²) in [6, 6.07) is 0.0208. The second kappa shape index (κ2) is 8.24. The van der Waals surface area contributed by atoms with Crippen LogP contribution in [0.1, 0.15) is 25.7 Å². The number of morpholine rings is 1. The maximum absolute atomic E-state index is 11.9. The number of carbonyl (C=O) groups is 1. The maximum Gasteiger partial charge on any atom is 0.234 e. The van der Waals surface area contributed by atoms with Gasteiger partial charge in [-0.15, -0.1) is 0 Å². The van der Waals surface area contributed by atoms with E-state index in [2.05, 4.69) is 10.2 Å². The Kier molecular flexibility index (Phi) is 6.61. The Morgan fingerprint density at radius 3 is 2.64 bits per heavy atom. The van der Waals surface area contributed by atoms with Crippen molar-refractivity contribution in [2.75, 3.05) is 52.2 Å². The molecule has 128 valence electrons.